The number of methoxy groups -OCH3 is 1. The van der Waals surface area contributed by atoms with Gasteiger partial charge >= 0.3 is 5.97 Å². The highest BCUT2D eigenvalue weighted by Crippen LogP contribution is 2.33. The summed E-state index contributed by atoms with van der Waals surface area (Å²) in [5.74, 6) is 1.30. The Hall–Kier alpha value is -3.97. The van der Waals surface area contributed by atoms with E-state index >= 15 is 0 Å². The highest BCUT2D eigenvalue weighted by atomic mass is 16.7. The van der Waals surface area contributed by atoms with Gasteiger partial charge in [-0.05, 0) is 53.9 Å². The average Bonchev–Trinajstić information content (AvgIpc) is 3.42. The minimum atomic E-state index is -0.942. The number of rotatable bonds is 8. The maximum atomic E-state index is 12.4. The molecule has 7 nitrogen and oxygen atoms in total. The lowest BCUT2D eigenvalue weighted by Crippen LogP contribution is -2.17. The van der Waals surface area contributed by atoms with E-state index in [1.807, 2.05) is 72.2 Å². The summed E-state index contributed by atoms with van der Waals surface area (Å²) in [6.07, 6.45) is 0. The van der Waals surface area contributed by atoms with E-state index in [1.54, 1.807) is 7.11 Å². The number of carboxylic acids is 1. The number of aromatic nitrogens is 1. The zero-order valence-electron chi connectivity index (χ0n) is 19.1. The molecule has 4 aromatic rings. The first kappa shape index (κ1) is 21.9. The molecular weight excluding hydrogens is 432 g/mol. The van der Waals surface area contributed by atoms with Crippen molar-refractivity contribution in [2.24, 2.45) is 0 Å². The summed E-state index contributed by atoms with van der Waals surface area (Å²) < 4.78 is 18.0. The molecule has 0 atom stereocenters. The molecule has 0 aliphatic carbocycles. The second-order valence-corrected chi connectivity index (χ2v) is 8.38. The largest absolute Gasteiger partial charge is 0.497 e. The summed E-state index contributed by atoms with van der Waals surface area (Å²) in [6.45, 7) is 3.70. The molecule has 0 amide bonds. The third-order valence-corrected chi connectivity index (χ3v) is 6.10. The molecule has 34 heavy (non-hydrogen) atoms. The number of aryl methyl sites for hydroxylation is 1. The Morgan fingerprint density at radius 3 is 2.53 bits per heavy atom. The second-order valence-electron chi connectivity index (χ2n) is 8.38. The predicted octanol–water partition coefficient (Wildman–Crippen LogP) is 4.72. The maximum absolute atomic E-state index is 12.4. The Bertz CT molecular complexity index is 1360. The molecule has 0 saturated heterocycles. The molecule has 7 heteroatoms. The van der Waals surface area contributed by atoms with E-state index in [4.69, 9.17) is 14.2 Å². The molecule has 3 aromatic carbocycles. The summed E-state index contributed by atoms with van der Waals surface area (Å²) in [7, 11) is 1.63. The summed E-state index contributed by atoms with van der Waals surface area (Å²) >= 11 is 0. The molecule has 0 fully saturated rings. The van der Waals surface area contributed by atoms with Crippen molar-refractivity contribution in [2.75, 3.05) is 13.9 Å². The highest BCUT2D eigenvalue weighted by molar-refractivity contribution is 5.98. The molecule has 2 N–H and O–H groups in total. The molecule has 0 bridgehead atoms. The van der Waals surface area contributed by atoms with Gasteiger partial charge in [0.2, 0.25) is 6.79 Å². The SMILES string of the molecule is COc1ccc(Cn2c(C(=O)O)c(CNCc3ccc4c(c3)OCO4)c3ccc(C)cc32)cc1. The van der Waals surface area contributed by atoms with Gasteiger partial charge in [0.05, 0.1) is 7.11 Å². The number of nitrogens with one attached hydrogen (secondary N) is 1. The number of hydrogen-bond donors (Lipinski definition) is 2. The van der Waals surface area contributed by atoms with E-state index in [-0.39, 0.29) is 6.79 Å². The molecule has 0 unspecified atom stereocenters. The van der Waals surface area contributed by atoms with Crippen LogP contribution in [0.2, 0.25) is 0 Å². The topological polar surface area (TPSA) is 82.0 Å². The Labute approximate surface area is 197 Å². The average molecular weight is 459 g/mol. The van der Waals surface area contributed by atoms with Gasteiger partial charge in [-0.1, -0.05) is 30.3 Å². The van der Waals surface area contributed by atoms with Gasteiger partial charge in [-0.15, -0.1) is 0 Å². The van der Waals surface area contributed by atoms with Crippen molar-refractivity contribution in [3.63, 3.8) is 0 Å². The first-order valence-electron chi connectivity index (χ1n) is 11.1. The van der Waals surface area contributed by atoms with Crippen molar-refractivity contribution in [3.8, 4) is 17.2 Å². The quantitative estimate of drug-likeness (QED) is 0.398. The van der Waals surface area contributed by atoms with Crippen LogP contribution >= 0.6 is 0 Å². The third kappa shape index (κ3) is 4.18. The van der Waals surface area contributed by atoms with Gasteiger partial charge < -0.3 is 29.2 Å². The van der Waals surface area contributed by atoms with E-state index in [1.165, 1.54) is 0 Å². The Morgan fingerprint density at radius 2 is 1.76 bits per heavy atom. The predicted molar refractivity (Wildman–Crippen MR) is 129 cm³/mol. The monoisotopic (exact) mass is 458 g/mol. The lowest BCUT2D eigenvalue weighted by Gasteiger charge is -2.11. The summed E-state index contributed by atoms with van der Waals surface area (Å²) in [6, 6.07) is 19.6. The molecule has 0 radical (unpaired) electrons. The van der Waals surface area contributed by atoms with Crippen molar-refractivity contribution >= 4 is 16.9 Å². The number of fused-ring (bicyclic) bond motifs is 2. The zero-order chi connectivity index (χ0) is 23.7. The van der Waals surface area contributed by atoms with Crippen molar-refractivity contribution < 1.29 is 24.1 Å². The lowest BCUT2D eigenvalue weighted by atomic mass is 10.1. The molecule has 1 aliphatic heterocycles. The van der Waals surface area contributed by atoms with Crippen LogP contribution in [-0.4, -0.2) is 29.5 Å². The van der Waals surface area contributed by atoms with E-state index in [0.717, 1.165) is 50.4 Å². The summed E-state index contributed by atoms with van der Waals surface area (Å²) in [5.41, 5.74) is 5.11. The standard InChI is InChI=1S/C27H26N2O5/c1-17-3-9-21-22(14-28-13-19-6-10-24-25(12-19)34-16-33-24)26(27(30)31)29(23(21)11-17)15-18-4-7-20(32-2)8-5-18/h3-12,28H,13-16H2,1-2H3,(H,30,31). The number of hydrogen-bond acceptors (Lipinski definition) is 5. The number of carboxylic acid groups (broad SMARTS) is 1. The molecule has 0 saturated carbocycles. The van der Waals surface area contributed by atoms with Gasteiger partial charge in [-0.25, -0.2) is 4.79 Å². The van der Waals surface area contributed by atoms with Crippen LogP contribution in [0.4, 0.5) is 0 Å². The van der Waals surface area contributed by atoms with Crippen LogP contribution in [0.15, 0.2) is 60.7 Å². The van der Waals surface area contributed by atoms with Gasteiger partial charge in [-0.2, -0.15) is 0 Å². The van der Waals surface area contributed by atoms with Gasteiger partial charge in [0.25, 0.3) is 0 Å². The van der Waals surface area contributed by atoms with E-state index in [9.17, 15) is 9.90 Å². The van der Waals surface area contributed by atoms with Crippen molar-refractivity contribution in [1.82, 2.24) is 9.88 Å². The molecule has 174 valence electrons. The summed E-state index contributed by atoms with van der Waals surface area (Å²) in [5, 5.41) is 14.6. The van der Waals surface area contributed by atoms with E-state index in [2.05, 4.69) is 5.32 Å². The Kier molecular flexibility index (Phi) is 5.86. The van der Waals surface area contributed by atoms with Crippen LogP contribution in [0.3, 0.4) is 0 Å². The van der Waals surface area contributed by atoms with Gasteiger partial charge in [0.1, 0.15) is 11.4 Å². The van der Waals surface area contributed by atoms with Crippen molar-refractivity contribution in [1.29, 1.82) is 0 Å². The normalized spacial score (nSPS) is 12.3. The number of aromatic carboxylic acids is 1. The van der Waals surface area contributed by atoms with Gasteiger partial charge in [0.15, 0.2) is 11.5 Å². The van der Waals surface area contributed by atoms with Crippen molar-refractivity contribution in [3.05, 3.63) is 88.6 Å². The molecule has 1 aromatic heterocycles. The zero-order valence-corrected chi connectivity index (χ0v) is 19.1. The fraction of sp³-hybridized carbons (Fsp3) is 0.222. The van der Waals surface area contributed by atoms with Gasteiger partial charge in [0, 0.05) is 36.1 Å². The Morgan fingerprint density at radius 1 is 1.00 bits per heavy atom. The number of ether oxygens (including phenoxy) is 3. The van der Waals surface area contributed by atoms with Crippen LogP contribution in [-0.2, 0) is 19.6 Å². The number of nitrogens with zero attached hydrogens (tertiary/aromatic N) is 1. The fourth-order valence-electron chi connectivity index (χ4n) is 4.42. The molecular formula is C27H26N2O5. The molecule has 5 rings (SSSR count). The van der Waals surface area contributed by atoms with Crippen molar-refractivity contribution in [2.45, 2.75) is 26.6 Å². The van der Waals surface area contributed by atoms with Crippen LogP contribution in [0.5, 0.6) is 17.2 Å². The van der Waals surface area contributed by atoms with Crippen LogP contribution < -0.4 is 19.5 Å². The third-order valence-electron chi connectivity index (χ3n) is 6.10. The van der Waals surface area contributed by atoms with Crippen LogP contribution in [0.25, 0.3) is 10.9 Å². The van der Waals surface area contributed by atoms with Crippen LogP contribution in [0.1, 0.15) is 32.7 Å². The van der Waals surface area contributed by atoms with Crippen LogP contribution in [0, 0.1) is 6.92 Å². The minimum absolute atomic E-state index is 0.237. The second kappa shape index (κ2) is 9.11. The molecule has 0 spiro atoms. The van der Waals surface area contributed by atoms with E-state index < -0.39 is 5.97 Å². The fourth-order valence-corrected chi connectivity index (χ4v) is 4.42. The Balaban J connectivity index is 1.46. The number of carbonyl (C=O) groups is 1. The number of benzene rings is 3. The highest BCUT2D eigenvalue weighted by Gasteiger charge is 2.22. The molecule has 1 aliphatic rings. The first-order valence-corrected chi connectivity index (χ1v) is 11.1. The smallest absolute Gasteiger partial charge is 0.352 e. The lowest BCUT2D eigenvalue weighted by molar-refractivity contribution is 0.0684. The first-order chi connectivity index (χ1) is 16.5. The van der Waals surface area contributed by atoms with E-state index in [0.29, 0.717) is 25.3 Å². The van der Waals surface area contributed by atoms with Gasteiger partial charge in [-0.3, -0.25) is 0 Å². The molecule has 2 heterocycles. The minimum Gasteiger partial charge on any atom is -0.497 e. The summed E-state index contributed by atoms with van der Waals surface area (Å²) in [4.78, 5) is 12.4. The maximum Gasteiger partial charge on any atom is 0.352 e.